The van der Waals surface area contributed by atoms with Crippen LogP contribution in [0.3, 0.4) is 0 Å². The zero-order valence-corrected chi connectivity index (χ0v) is 20.6. The summed E-state index contributed by atoms with van der Waals surface area (Å²) >= 11 is 5.98. The van der Waals surface area contributed by atoms with Crippen LogP contribution in [0.1, 0.15) is 51.0 Å². The quantitative estimate of drug-likeness (QED) is 0.238. The highest BCUT2D eigenvalue weighted by Crippen LogP contribution is 2.15. The van der Waals surface area contributed by atoms with Crippen LogP contribution < -0.4 is 16.6 Å². The zero-order chi connectivity index (χ0) is 24.8. The molecule has 2 aromatic heterocycles. The van der Waals surface area contributed by atoms with E-state index in [9.17, 15) is 14.4 Å². The number of nitrogens with zero attached hydrogens (tertiary/aromatic N) is 3. The van der Waals surface area contributed by atoms with Crippen molar-refractivity contribution in [3.8, 4) is 0 Å². The van der Waals surface area contributed by atoms with E-state index in [2.05, 4.69) is 40.4 Å². The van der Waals surface area contributed by atoms with Crippen LogP contribution in [0.25, 0.3) is 21.9 Å². The van der Waals surface area contributed by atoms with Crippen LogP contribution in [0.4, 0.5) is 0 Å². The van der Waals surface area contributed by atoms with Crippen LogP contribution in [-0.2, 0) is 24.4 Å². The van der Waals surface area contributed by atoms with Gasteiger partial charge in [0.2, 0.25) is 11.2 Å². The SMILES string of the molecule is CCCCCn1c(=O)n(CCCCC(=O)NCc2ccc3ccccc3c2)c(=O)c2[nH]c(Cl)nc21. The predicted octanol–water partition coefficient (Wildman–Crippen LogP) is 4.37. The number of fused-ring (bicyclic) bond motifs is 2. The fourth-order valence-corrected chi connectivity index (χ4v) is 4.42. The molecule has 184 valence electrons. The van der Waals surface area contributed by atoms with Gasteiger partial charge in [0.15, 0.2) is 11.2 Å². The van der Waals surface area contributed by atoms with E-state index >= 15 is 0 Å². The topological polar surface area (TPSA) is 102 Å². The summed E-state index contributed by atoms with van der Waals surface area (Å²) in [6.07, 6.45) is 4.21. The monoisotopic (exact) mass is 495 g/mol. The highest BCUT2D eigenvalue weighted by atomic mass is 35.5. The fourth-order valence-electron chi connectivity index (χ4n) is 4.25. The first kappa shape index (κ1) is 24.7. The number of hydrogen-bond donors (Lipinski definition) is 2. The zero-order valence-electron chi connectivity index (χ0n) is 19.8. The molecule has 2 aromatic carbocycles. The van der Waals surface area contributed by atoms with Crippen LogP contribution in [-0.4, -0.2) is 25.0 Å². The molecule has 0 aliphatic rings. The number of aryl methyl sites for hydroxylation is 1. The van der Waals surface area contributed by atoms with Crippen LogP contribution in [0, 0.1) is 0 Å². The molecule has 0 atom stereocenters. The molecular formula is C26H30ClN5O3. The lowest BCUT2D eigenvalue weighted by Gasteiger charge is -2.11. The Bertz CT molecular complexity index is 1450. The number of amides is 1. The van der Waals surface area contributed by atoms with E-state index in [1.54, 1.807) is 0 Å². The minimum atomic E-state index is -0.433. The third-order valence-corrected chi connectivity index (χ3v) is 6.34. The number of halogens is 1. The molecule has 2 heterocycles. The first-order chi connectivity index (χ1) is 17.0. The fraction of sp³-hybridized carbons (Fsp3) is 0.385. The number of aromatic amines is 1. The van der Waals surface area contributed by atoms with Crippen LogP contribution >= 0.6 is 11.6 Å². The molecule has 4 rings (SSSR count). The van der Waals surface area contributed by atoms with Gasteiger partial charge in [0.1, 0.15) is 0 Å². The summed E-state index contributed by atoms with van der Waals surface area (Å²) in [4.78, 5) is 45.2. The Labute approximate surface area is 207 Å². The van der Waals surface area contributed by atoms with Crippen molar-refractivity contribution in [3.05, 3.63) is 74.1 Å². The van der Waals surface area contributed by atoms with Gasteiger partial charge in [0, 0.05) is 26.1 Å². The number of carbonyl (C=O) groups excluding carboxylic acids is 1. The number of H-pyrrole nitrogens is 1. The molecule has 0 unspecified atom stereocenters. The number of aromatic nitrogens is 4. The van der Waals surface area contributed by atoms with Crippen LogP contribution in [0.5, 0.6) is 0 Å². The Kier molecular flexibility index (Phi) is 8.02. The van der Waals surface area contributed by atoms with Crippen LogP contribution in [0.2, 0.25) is 5.28 Å². The van der Waals surface area contributed by atoms with Crippen molar-refractivity contribution < 1.29 is 4.79 Å². The largest absolute Gasteiger partial charge is 0.352 e. The molecule has 8 nitrogen and oxygen atoms in total. The molecule has 0 spiro atoms. The van der Waals surface area contributed by atoms with Crippen molar-refractivity contribution in [3.63, 3.8) is 0 Å². The van der Waals surface area contributed by atoms with Crippen molar-refractivity contribution in [2.24, 2.45) is 0 Å². The van der Waals surface area contributed by atoms with E-state index < -0.39 is 5.56 Å². The second kappa shape index (κ2) is 11.4. The Morgan fingerprint density at radius 3 is 2.54 bits per heavy atom. The first-order valence-electron chi connectivity index (χ1n) is 12.1. The average Bonchev–Trinajstić information content (AvgIpc) is 3.25. The van der Waals surface area contributed by atoms with Gasteiger partial charge in [0.05, 0.1) is 0 Å². The molecule has 1 amide bonds. The van der Waals surface area contributed by atoms with Gasteiger partial charge in [-0.05, 0) is 53.3 Å². The number of carbonyl (C=O) groups is 1. The van der Waals surface area contributed by atoms with Crippen LogP contribution in [0.15, 0.2) is 52.1 Å². The van der Waals surface area contributed by atoms with E-state index in [1.807, 2.05) is 24.3 Å². The second-order valence-corrected chi connectivity index (χ2v) is 9.10. The number of nitrogens with one attached hydrogen (secondary N) is 2. The Morgan fingerprint density at radius 2 is 1.74 bits per heavy atom. The number of rotatable bonds is 11. The van der Waals surface area contributed by atoms with E-state index in [1.165, 1.54) is 9.13 Å². The molecule has 9 heteroatoms. The predicted molar refractivity (Wildman–Crippen MR) is 139 cm³/mol. The maximum absolute atomic E-state index is 13.0. The van der Waals surface area contributed by atoms with E-state index in [4.69, 9.17) is 11.6 Å². The molecule has 0 bridgehead atoms. The summed E-state index contributed by atoms with van der Waals surface area (Å²) in [5, 5.41) is 5.34. The summed E-state index contributed by atoms with van der Waals surface area (Å²) in [5.41, 5.74) is 0.753. The van der Waals surface area contributed by atoms with Crippen molar-refractivity contribution in [1.82, 2.24) is 24.4 Å². The molecule has 0 aliphatic carbocycles. The van der Waals surface area contributed by atoms with Gasteiger partial charge in [-0.2, -0.15) is 4.98 Å². The average molecular weight is 496 g/mol. The summed E-state index contributed by atoms with van der Waals surface area (Å²) < 4.78 is 2.74. The highest BCUT2D eigenvalue weighted by Gasteiger charge is 2.16. The molecule has 35 heavy (non-hydrogen) atoms. The van der Waals surface area contributed by atoms with Gasteiger partial charge in [-0.25, -0.2) is 4.79 Å². The Balaban J connectivity index is 1.34. The van der Waals surface area contributed by atoms with E-state index in [0.29, 0.717) is 38.0 Å². The van der Waals surface area contributed by atoms with Gasteiger partial charge in [-0.15, -0.1) is 0 Å². The van der Waals surface area contributed by atoms with Gasteiger partial charge in [0.25, 0.3) is 5.56 Å². The Morgan fingerprint density at radius 1 is 1.00 bits per heavy atom. The summed E-state index contributed by atoms with van der Waals surface area (Å²) in [7, 11) is 0. The number of benzene rings is 2. The smallest absolute Gasteiger partial charge is 0.332 e. The van der Waals surface area contributed by atoms with E-state index in [-0.39, 0.29) is 28.9 Å². The molecule has 0 saturated heterocycles. The second-order valence-electron chi connectivity index (χ2n) is 8.74. The van der Waals surface area contributed by atoms with E-state index in [0.717, 1.165) is 35.6 Å². The molecule has 0 radical (unpaired) electrons. The minimum absolute atomic E-state index is 0.0571. The van der Waals surface area contributed by atoms with Gasteiger partial charge in [-0.1, -0.05) is 56.2 Å². The molecule has 2 N–H and O–H groups in total. The maximum Gasteiger partial charge on any atom is 0.332 e. The standard InChI is InChI=1S/C26H30ClN5O3/c1-2-3-7-14-31-23-22(29-25(27)30-23)24(34)32(26(31)35)15-8-6-11-21(33)28-17-18-12-13-19-9-4-5-10-20(19)16-18/h4-5,9-10,12-13,16H,2-3,6-8,11,14-15,17H2,1H3,(H,28,33)(H,29,30). The Hall–Kier alpha value is -3.39. The third kappa shape index (κ3) is 5.82. The number of hydrogen-bond acceptors (Lipinski definition) is 4. The molecule has 0 fully saturated rings. The molecule has 0 saturated carbocycles. The summed E-state index contributed by atoms with van der Waals surface area (Å²) in [6, 6.07) is 14.2. The van der Waals surface area contributed by atoms with Gasteiger partial charge in [-0.3, -0.25) is 18.7 Å². The first-order valence-corrected chi connectivity index (χ1v) is 12.5. The van der Waals surface area contributed by atoms with Gasteiger partial charge >= 0.3 is 5.69 Å². The van der Waals surface area contributed by atoms with Crippen molar-refractivity contribution >= 4 is 39.4 Å². The number of unbranched alkanes of at least 4 members (excludes halogenated alkanes) is 3. The molecule has 0 aliphatic heterocycles. The molecular weight excluding hydrogens is 466 g/mol. The van der Waals surface area contributed by atoms with Crippen molar-refractivity contribution in [2.75, 3.05) is 0 Å². The molecule has 4 aromatic rings. The van der Waals surface area contributed by atoms with Gasteiger partial charge < -0.3 is 10.3 Å². The minimum Gasteiger partial charge on any atom is -0.352 e. The summed E-state index contributed by atoms with van der Waals surface area (Å²) in [6.45, 7) is 3.25. The lowest BCUT2D eigenvalue weighted by atomic mass is 10.1. The normalized spacial score (nSPS) is 11.4. The van der Waals surface area contributed by atoms with Crippen molar-refractivity contribution in [1.29, 1.82) is 0 Å². The summed E-state index contributed by atoms with van der Waals surface area (Å²) in [5.74, 6) is -0.0571. The number of imidazole rings is 1. The third-order valence-electron chi connectivity index (χ3n) is 6.16. The highest BCUT2D eigenvalue weighted by molar-refractivity contribution is 6.29. The van der Waals surface area contributed by atoms with Crippen molar-refractivity contribution in [2.45, 2.75) is 65.1 Å². The lowest BCUT2D eigenvalue weighted by molar-refractivity contribution is -0.121. The lowest BCUT2D eigenvalue weighted by Crippen LogP contribution is -2.40. The maximum atomic E-state index is 13.0.